The molecule has 0 radical (unpaired) electrons. The fourth-order valence-electron chi connectivity index (χ4n) is 2.05. The topological polar surface area (TPSA) is 114 Å². The molecule has 124 valence electrons. The molecule has 1 heterocycles. The molecule has 0 saturated carbocycles. The lowest BCUT2D eigenvalue weighted by Gasteiger charge is -2.14. The van der Waals surface area contributed by atoms with E-state index in [0.29, 0.717) is 0 Å². The summed E-state index contributed by atoms with van der Waals surface area (Å²) in [6.45, 7) is 1.59. The summed E-state index contributed by atoms with van der Waals surface area (Å²) >= 11 is 0. The fraction of sp³-hybridized carbons (Fsp3) is 0.188. The van der Waals surface area contributed by atoms with Gasteiger partial charge in [-0.05, 0) is 30.7 Å². The van der Waals surface area contributed by atoms with Crippen LogP contribution in [0.4, 0.5) is 5.69 Å². The third-order valence-corrected chi connectivity index (χ3v) is 3.31. The smallest absolute Gasteiger partial charge is 0.270 e. The monoisotopic (exact) mass is 328 g/mol. The highest BCUT2D eigenvalue weighted by Gasteiger charge is 2.14. The second-order valence-electron chi connectivity index (χ2n) is 5.06. The number of non-ortho nitro benzene ring substituents is 1. The van der Waals surface area contributed by atoms with Gasteiger partial charge in [0.2, 0.25) is 5.91 Å². The molecule has 0 fully saturated rings. The van der Waals surface area contributed by atoms with Gasteiger partial charge in [0.15, 0.2) is 0 Å². The minimum atomic E-state index is -0.583. The predicted molar refractivity (Wildman–Crippen MR) is 86.2 cm³/mol. The van der Waals surface area contributed by atoms with Crippen molar-refractivity contribution in [2.24, 2.45) is 0 Å². The van der Waals surface area contributed by atoms with Gasteiger partial charge in [-0.2, -0.15) is 0 Å². The number of nitrogens with one attached hydrogen (secondary N) is 2. The van der Waals surface area contributed by atoms with Gasteiger partial charge in [0, 0.05) is 30.1 Å². The molecule has 2 amide bonds. The van der Waals surface area contributed by atoms with Crippen LogP contribution in [0.15, 0.2) is 48.8 Å². The highest BCUT2D eigenvalue weighted by atomic mass is 16.6. The van der Waals surface area contributed by atoms with E-state index in [4.69, 9.17) is 0 Å². The van der Waals surface area contributed by atoms with Crippen LogP contribution in [0.1, 0.15) is 28.9 Å². The second-order valence-corrected chi connectivity index (χ2v) is 5.06. The van der Waals surface area contributed by atoms with Gasteiger partial charge in [-0.3, -0.25) is 24.7 Å². The molecular weight excluding hydrogens is 312 g/mol. The number of hydrogen-bond acceptors (Lipinski definition) is 5. The summed E-state index contributed by atoms with van der Waals surface area (Å²) in [5.41, 5.74) is 0.834. The Hall–Kier alpha value is -3.29. The number of aromatic nitrogens is 1. The molecule has 1 atom stereocenters. The van der Waals surface area contributed by atoms with E-state index < -0.39 is 10.8 Å². The molecule has 2 rings (SSSR count). The zero-order chi connectivity index (χ0) is 17.5. The highest BCUT2D eigenvalue weighted by molar-refractivity contribution is 5.96. The maximum absolute atomic E-state index is 12.0. The molecule has 0 bridgehead atoms. The van der Waals surface area contributed by atoms with Gasteiger partial charge in [0.05, 0.1) is 17.5 Å². The average Bonchev–Trinajstić information content (AvgIpc) is 2.60. The summed E-state index contributed by atoms with van der Waals surface area (Å²) in [5.74, 6) is -0.913. The van der Waals surface area contributed by atoms with Crippen molar-refractivity contribution in [2.75, 3.05) is 6.54 Å². The zero-order valence-electron chi connectivity index (χ0n) is 12.9. The predicted octanol–water partition coefficient (Wildman–Crippen LogP) is 1.60. The normalized spacial score (nSPS) is 11.4. The van der Waals surface area contributed by atoms with Crippen molar-refractivity contribution < 1.29 is 14.5 Å². The Morgan fingerprint density at radius 3 is 2.62 bits per heavy atom. The molecular formula is C16H16N4O4. The van der Waals surface area contributed by atoms with Gasteiger partial charge in [-0.1, -0.05) is 6.07 Å². The number of nitro benzene ring substituents is 1. The lowest BCUT2D eigenvalue weighted by Crippen LogP contribution is -2.38. The first-order valence-electron chi connectivity index (χ1n) is 7.19. The quantitative estimate of drug-likeness (QED) is 0.617. The number of carbonyl (C=O) groups excluding carboxylic acids is 2. The van der Waals surface area contributed by atoms with Crippen LogP contribution < -0.4 is 10.6 Å². The third-order valence-electron chi connectivity index (χ3n) is 3.31. The van der Waals surface area contributed by atoms with Gasteiger partial charge in [-0.15, -0.1) is 0 Å². The van der Waals surface area contributed by atoms with Gasteiger partial charge in [0.25, 0.3) is 11.6 Å². The Labute approximate surface area is 138 Å². The molecule has 0 aliphatic heterocycles. The summed E-state index contributed by atoms with van der Waals surface area (Å²) in [6, 6.07) is 8.65. The van der Waals surface area contributed by atoms with E-state index >= 15 is 0 Å². The molecule has 0 aliphatic rings. The molecule has 0 spiro atoms. The van der Waals surface area contributed by atoms with Crippen LogP contribution in [0, 0.1) is 10.1 Å². The van der Waals surface area contributed by atoms with E-state index in [1.54, 1.807) is 24.5 Å². The molecule has 1 unspecified atom stereocenters. The number of nitrogens with zero attached hydrogens (tertiary/aromatic N) is 2. The number of rotatable bonds is 6. The molecule has 8 heteroatoms. The number of pyridine rings is 1. The summed E-state index contributed by atoms with van der Waals surface area (Å²) in [5, 5.41) is 15.9. The summed E-state index contributed by atoms with van der Waals surface area (Å²) in [7, 11) is 0. The summed E-state index contributed by atoms with van der Waals surface area (Å²) in [6.07, 6.45) is 3.25. The van der Waals surface area contributed by atoms with Crippen molar-refractivity contribution in [2.45, 2.75) is 13.0 Å². The van der Waals surface area contributed by atoms with Gasteiger partial charge >= 0.3 is 0 Å². The first-order valence-corrected chi connectivity index (χ1v) is 7.19. The SMILES string of the molecule is CC(NC(=O)CNC(=O)c1cccc([N+](=O)[O-])c1)c1ccncc1. The molecule has 1 aromatic carbocycles. The Balaban J connectivity index is 1.88. The van der Waals surface area contributed by atoms with Crippen molar-refractivity contribution in [3.8, 4) is 0 Å². The Morgan fingerprint density at radius 2 is 1.96 bits per heavy atom. The van der Waals surface area contributed by atoms with Crippen LogP contribution in [0.2, 0.25) is 0 Å². The second kappa shape index (κ2) is 7.82. The third kappa shape index (κ3) is 4.60. The highest BCUT2D eigenvalue weighted by Crippen LogP contribution is 2.13. The Morgan fingerprint density at radius 1 is 1.25 bits per heavy atom. The largest absolute Gasteiger partial charge is 0.348 e. The Kier molecular flexibility index (Phi) is 5.56. The molecule has 2 N–H and O–H groups in total. The molecule has 0 saturated heterocycles. The average molecular weight is 328 g/mol. The maximum atomic E-state index is 12.0. The van der Waals surface area contributed by atoms with Crippen LogP contribution >= 0.6 is 0 Å². The number of amides is 2. The molecule has 2 aromatic rings. The van der Waals surface area contributed by atoms with E-state index in [-0.39, 0.29) is 29.7 Å². The molecule has 0 aliphatic carbocycles. The van der Waals surface area contributed by atoms with Crippen LogP contribution in [0.3, 0.4) is 0 Å². The standard InChI is InChI=1S/C16H16N4O4/c1-11(12-5-7-17-8-6-12)19-15(21)10-18-16(22)13-3-2-4-14(9-13)20(23)24/h2-9,11H,10H2,1H3,(H,18,22)(H,19,21). The van der Waals surface area contributed by atoms with Gasteiger partial charge in [0.1, 0.15) is 0 Å². The minimum absolute atomic E-state index is 0.124. The van der Waals surface area contributed by atoms with Crippen molar-refractivity contribution >= 4 is 17.5 Å². The van der Waals surface area contributed by atoms with Crippen molar-refractivity contribution in [1.82, 2.24) is 15.6 Å². The van der Waals surface area contributed by atoms with E-state index in [1.165, 1.54) is 18.2 Å². The van der Waals surface area contributed by atoms with E-state index in [1.807, 2.05) is 6.92 Å². The lowest BCUT2D eigenvalue weighted by molar-refractivity contribution is -0.384. The lowest BCUT2D eigenvalue weighted by atomic mass is 10.1. The fourth-order valence-corrected chi connectivity index (χ4v) is 2.05. The van der Waals surface area contributed by atoms with Crippen LogP contribution in [0.5, 0.6) is 0 Å². The van der Waals surface area contributed by atoms with E-state index in [9.17, 15) is 19.7 Å². The van der Waals surface area contributed by atoms with Crippen molar-refractivity contribution in [3.05, 3.63) is 70.0 Å². The van der Waals surface area contributed by atoms with Crippen LogP contribution in [0.25, 0.3) is 0 Å². The van der Waals surface area contributed by atoms with Gasteiger partial charge < -0.3 is 10.6 Å². The van der Waals surface area contributed by atoms with Crippen LogP contribution in [-0.4, -0.2) is 28.3 Å². The summed E-state index contributed by atoms with van der Waals surface area (Å²) in [4.78, 5) is 37.9. The Bertz CT molecular complexity index is 749. The number of benzene rings is 1. The first-order chi connectivity index (χ1) is 11.5. The number of nitro groups is 1. The minimum Gasteiger partial charge on any atom is -0.348 e. The van der Waals surface area contributed by atoms with Crippen LogP contribution in [-0.2, 0) is 4.79 Å². The number of hydrogen-bond donors (Lipinski definition) is 2. The molecule has 1 aromatic heterocycles. The molecule has 24 heavy (non-hydrogen) atoms. The van der Waals surface area contributed by atoms with Gasteiger partial charge in [-0.25, -0.2) is 0 Å². The summed E-state index contributed by atoms with van der Waals surface area (Å²) < 4.78 is 0. The first kappa shape index (κ1) is 17.1. The van der Waals surface area contributed by atoms with Crippen molar-refractivity contribution in [1.29, 1.82) is 0 Å². The zero-order valence-corrected chi connectivity index (χ0v) is 12.9. The molecule has 8 nitrogen and oxygen atoms in total. The number of carbonyl (C=O) groups is 2. The van der Waals surface area contributed by atoms with E-state index in [0.717, 1.165) is 11.6 Å². The van der Waals surface area contributed by atoms with Crippen molar-refractivity contribution in [3.63, 3.8) is 0 Å². The van der Waals surface area contributed by atoms with E-state index in [2.05, 4.69) is 15.6 Å². The maximum Gasteiger partial charge on any atom is 0.270 e.